The van der Waals surface area contributed by atoms with Gasteiger partial charge in [-0.15, -0.1) is 0 Å². The summed E-state index contributed by atoms with van der Waals surface area (Å²) in [4.78, 5) is 2.25. The third kappa shape index (κ3) is 2.43. The molecule has 0 amide bonds. The summed E-state index contributed by atoms with van der Waals surface area (Å²) >= 11 is 0. The highest BCUT2D eigenvalue weighted by Gasteiger charge is 2.41. The first kappa shape index (κ1) is 11.9. The zero-order valence-electron chi connectivity index (χ0n) is 9.32. The summed E-state index contributed by atoms with van der Waals surface area (Å²) in [6, 6.07) is 1.19. The van der Waals surface area contributed by atoms with Crippen molar-refractivity contribution < 1.29 is 13.3 Å². The van der Waals surface area contributed by atoms with Crippen LogP contribution in [0.25, 0.3) is 0 Å². The Bertz CT molecular complexity index is 198. The van der Waals surface area contributed by atoms with Crippen LogP contribution in [-0.4, -0.2) is 54.7 Å². The molecule has 0 N–H and O–H groups in total. The summed E-state index contributed by atoms with van der Waals surface area (Å²) in [6.07, 6.45) is 4.34. The van der Waals surface area contributed by atoms with Crippen molar-refractivity contribution in [2.45, 2.75) is 12.1 Å². The second kappa shape index (κ2) is 5.04. The number of nitrogens with zero attached hydrogens (tertiary/aromatic N) is 1. The first-order valence-electron chi connectivity index (χ1n) is 4.70. The highest BCUT2D eigenvalue weighted by molar-refractivity contribution is 6.60. The molecule has 0 fully saturated rings. The standard InChI is InChI=1S/C9H19NO3Si/c1-10-7-5-6-9(10)8-14(11-2,12-3)13-4/h5-6,9H,7-8H2,1-4H3. The highest BCUT2D eigenvalue weighted by atomic mass is 28.4. The zero-order valence-corrected chi connectivity index (χ0v) is 10.3. The molecule has 0 saturated heterocycles. The van der Waals surface area contributed by atoms with Crippen molar-refractivity contribution in [1.82, 2.24) is 4.90 Å². The molecule has 5 heteroatoms. The molecule has 0 aromatic carbocycles. The minimum absolute atomic E-state index is 0.376. The van der Waals surface area contributed by atoms with Crippen LogP contribution in [0.2, 0.25) is 6.04 Å². The van der Waals surface area contributed by atoms with E-state index < -0.39 is 8.80 Å². The molecule has 0 radical (unpaired) electrons. The van der Waals surface area contributed by atoms with Gasteiger partial charge in [0.05, 0.1) is 0 Å². The molecule has 14 heavy (non-hydrogen) atoms. The lowest BCUT2D eigenvalue weighted by atomic mass is 10.3. The molecule has 1 aliphatic rings. The van der Waals surface area contributed by atoms with E-state index in [0.29, 0.717) is 6.04 Å². The van der Waals surface area contributed by atoms with Crippen LogP contribution in [0.5, 0.6) is 0 Å². The smallest absolute Gasteiger partial charge is 0.377 e. The Kier molecular flexibility index (Phi) is 4.27. The summed E-state index contributed by atoms with van der Waals surface area (Å²) in [5.74, 6) is 0. The van der Waals surface area contributed by atoms with Gasteiger partial charge in [-0.05, 0) is 7.05 Å². The van der Waals surface area contributed by atoms with Crippen LogP contribution in [-0.2, 0) is 13.3 Å². The molecule has 0 aromatic heterocycles. The van der Waals surface area contributed by atoms with E-state index in [9.17, 15) is 0 Å². The summed E-state index contributed by atoms with van der Waals surface area (Å²) in [5.41, 5.74) is 0. The van der Waals surface area contributed by atoms with Crippen LogP contribution in [0.1, 0.15) is 0 Å². The van der Waals surface area contributed by atoms with Gasteiger partial charge in [0.15, 0.2) is 0 Å². The fourth-order valence-electron chi connectivity index (χ4n) is 1.65. The molecule has 0 saturated carbocycles. The summed E-state index contributed by atoms with van der Waals surface area (Å²) in [5, 5.41) is 0. The molecule has 82 valence electrons. The van der Waals surface area contributed by atoms with Crippen LogP contribution in [0, 0.1) is 0 Å². The fourth-order valence-corrected chi connectivity index (χ4v) is 3.61. The lowest BCUT2D eigenvalue weighted by Crippen LogP contribution is -2.47. The Balaban J connectivity index is 2.58. The van der Waals surface area contributed by atoms with E-state index in [-0.39, 0.29) is 0 Å². The predicted molar refractivity (Wildman–Crippen MR) is 57.1 cm³/mol. The minimum atomic E-state index is -2.42. The predicted octanol–water partition coefficient (Wildman–Crippen LogP) is 0.735. The maximum absolute atomic E-state index is 5.38. The Labute approximate surface area is 86.8 Å². The van der Waals surface area contributed by atoms with Gasteiger partial charge in [0.25, 0.3) is 0 Å². The highest BCUT2D eigenvalue weighted by Crippen LogP contribution is 2.21. The minimum Gasteiger partial charge on any atom is -0.377 e. The summed E-state index contributed by atoms with van der Waals surface area (Å²) in [6.45, 7) is 0.992. The van der Waals surface area contributed by atoms with Crippen LogP contribution in [0.15, 0.2) is 12.2 Å². The maximum atomic E-state index is 5.38. The van der Waals surface area contributed by atoms with E-state index in [0.717, 1.165) is 12.6 Å². The molecule has 0 aliphatic carbocycles. The van der Waals surface area contributed by atoms with Gasteiger partial charge >= 0.3 is 8.80 Å². The van der Waals surface area contributed by atoms with Crippen molar-refractivity contribution in [2.75, 3.05) is 34.9 Å². The quantitative estimate of drug-likeness (QED) is 0.502. The van der Waals surface area contributed by atoms with Gasteiger partial charge in [0, 0.05) is 40.0 Å². The monoisotopic (exact) mass is 217 g/mol. The average molecular weight is 217 g/mol. The molecule has 1 heterocycles. The summed E-state index contributed by atoms with van der Waals surface area (Å²) in [7, 11) is 4.62. The van der Waals surface area contributed by atoms with Crippen LogP contribution >= 0.6 is 0 Å². The second-order valence-electron chi connectivity index (χ2n) is 3.43. The number of hydrogen-bond acceptors (Lipinski definition) is 4. The lowest BCUT2D eigenvalue weighted by Gasteiger charge is -2.29. The summed E-state index contributed by atoms with van der Waals surface area (Å²) < 4.78 is 16.1. The third-order valence-corrected chi connectivity index (χ3v) is 5.49. The molecule has 0 spiro atoms. The van der Waals surface area contributed by atoms with E-state index in [1.54, 1.807) is 21.3 Å². The third-order valence-electron chi connectivity index (χ3n) is 2.71. The van der Waals surface area contributed by atoms with Crippen molar-refractivity contribution in [2.24, 2.45) is 0 Å². The Hall–Kier alpha value is -0.203. The van der Waals surface area contributed by atoms with Crippen LogP contribution in [0.3, 0.4) is 0 Å². The first-order valence-corrected chi connectivity index (χ1v) is 6.63. The number of likely N-dealkylation sites (N-methyl/N-ethyl adjacent to an activating group) is 1. The molecular formula is C9H19NO3Si. The van der Waals surface area contributed by atoms with E-state index in [2.05, 4.69) is 24.1 Å². The van der Waals surface area contributed by atoms with Gasteiger partial charge in [-0.3, -0.25) is 4.90 Å². The molecule has 0 bridgehead atoms. The largest absolute Gasteiger partial charge is 0.502 e. The Morgan fingerprint density at radius 2 is 1.86 bits per heavy atom. The molecule has 4 nitrogen and oxygen atoms in total. The molecule has 1 aliphatic heterocycles. The van der Waals surface area contributed by atoms with Gasteiger partial charge < -0.3 is 13.3 Å². The van der Waals surface area contributed by atoms with Crippen molar-refractivity contribution in [1.29, 1.82) is 0 Å². The molecule has 1 rings (SSSR count). The van der Waals surface area contributed by atoms with E-state index >= 15 is 0 Å². The average Bonchev–Trinajstić information content (AvgIpc) is 2.61. The fraction of sp³-hybridized carbons (Fsp3) is 0.778. The van der Waals surface area contributed by atoms with E-state index in [4.69, 9.17) is 13.3 Å². The Morgan fingerprint density at radius 3 is 2.21 bits per heavy atom. The normalized spacial score (nSPS) is 23.3. The van der Waals surface area contributed by atoms with Gasteiger partial charge in [0.1, 0.15) is 0 Å². The Morgan fingerprint density at radius 1 is 1.29 bits per heavy atom. The molecule has 0 aromatic rings. The molecular weight excluding hydrogens is 198 g/mol. The van der Waals surface area contributed by atoms with Crippen LogP contribution in [0.4, 0.5) is 0 Å². The van der Waals surface area contributed by atoms with Crippen molar-refractivity contribution in [3.63, 3.8) is 0 Å². The van der Waals surface area contributed by atoms with E-state index in [1.165, 1.54) is 0 Å². The van der Waals surface area contributed by atoms with Crippen molar-refractivity contribution >= 4 is 8.80 Å². The first-order chi connectivity index (χ1) is 6.67. The zero-order chi connectivity index (χ0) is 10.6. The second-order valence-corrected chi connectivity index (χ2v) is 6.43. The number of hydrogen-bond donors (Lipinski definition) is 0. The molecule has 1 atom stereocenters. The lowest BCUT2D eigenvalue weighted by molar-refractivity contribution is 0.117. The topological polar surface area (TPSA) is 30.9 Å². The number of rotatable bonds is 5. The molecule has 1 unspecified atom stereocenters. The van der Waals surface area contributed by atoms with Gasteiger partial charge in [-0.1, -0.05) is 12.2 Å². The van der Waals surface area contributed by atoms with Gasteiger partial charge in [-0.2, -0.15) is 0 Å². The van der Waals surface area contributed by atoms with Crippen molar-refractivity contribution in [3.8, 4) is 0 Å². The van der Waals surface area contributed by atoms with Crippen molar-refractivity contribution in [3.05, 3.63) is 12.2 Å². The maximum Gasteiger partial charge on any atom is 0.502 e. The van der Waals surface area contributed by atoms with Crippen LogP contribution < -0.4 is 0 Å². The van der Waals surface area contributed by atoms with Gasteiger partial charge in [0.2, 0.25) is 0 Å². The SMILES string of the molecule is CO[Si](CC1C=CCN1C)(OC)OC. The van der Waals surface area contributed by atoms with Gasteiger partial charge in [-0.25, -0.2) is 0 Å². The van der Waals surface area contributed by atoms with E-state index in [1.807, 2.05) is 0 Å².